The molecule has 0 aliphatic carbocycles. The average molecular weight is 283 g/mol. The zero-order chi connectivity index (χ0) is 14.6. The van der Waals surface area contributed by atoms with Gasteiger partial charge in [0, 0.05) is 5.88 Å². The van der Waals surface area contributed by atoms with Crippen LogP contribution >= 0.6 is 11.6 Å². The van der Waals surface area contributed by atoms with E-state index in [-0.39, 0.29) is 0 Å². The molecule has 0 spiro atoms. The summed E-state index contributed by atoms with van der Waals surface area (Å²) in [6, 6.07) is 18.2. The minimum absolute atomic E-state index is 0.581. The molecule has 0 bridgehead atoms. The maximum Gasteiger partial charge on any atom is 0.0474 e. The van der Waals surface area contributed by atoms with Gasteiger partial charge in [-0.25, -0.2) is 0 Å². The van der Waals surface area contributed by atoms with Crippen LogP contribution in [0.3, 0.4) is 0 Å². The van der Waals surface area contributed by atoms with Gasteiger partial charge in [0.2, 0.25) is 0 Å². The van der Waals surface area contributed by atoms with Crippen LogP contribution in [0.25, 0.3) is 12.2 Å². The Balaban J connectivity index is 0.000000200. The number of allylic oxidation sites excluding steroid dienone is 2. The minimum Gasteiger partial charge on any atom is -0.122 e. The Morgan fingerprint density at radius 2 is 1.50 bits per heavy atom. The zero-order valence-electron chi connectivity index (χ0n) is 11.5. The zero-order valence-corrected chi connectivity index (χ0v) is 12.3. The van der Waals surface area contributed by atoms with Crippen LogP contribution < -0.4 is 0 Å². The Hall–Kier alpha value is -2.05. The van der Waals surface area contributed by atoms with E-state index in [0.717, 1.165) is 11.1 Å². The van der Waals surface area contributed by atoms with Crippen molar-refractivity contribution in [2.24, 2.45) is 0 Å². The Kier molecular flexibility index (Phi) is 7.86. The molecule has 0 unspecified atom stereocenters. The van der Waals surface area contributed by atoms with Crippen LogP contribution in [0.4, 0.5) is 0 Å². The molecule has 0 fully saturated rings. The van der Waals surface area contributed by atoms with Crippen LogP contribution in [0.2, 0.25) is 0 Å². The van der Waals surface area contributed by atoms with E-state index in [2.05, 4.69) is 25.3 Å². The third-order valence-corrected chi connectivity index (χ3v) is 2.90. The Morgan fingerprint density at radius 3 is 2.00 bits per heavy atom. The summed E-state index contributed by atoms with van der Waals surface area (Å²) < 4.78 is 0. The fraction of sp³-hybridized carbons (Fsp3) is 0.0526. The van der Waals surface area contributed by atoms with Gasteiger partial charge in [-0.1, -0.05) is 92.1 Å². The monoisotopic (exact) mass is 282 g/mol. The number of benzene rings is 2. The lowest BCUT2D eigenvalue weighted by atomic mass is 10.1. The smallest absolute Gasteiger partial charge is 0.0474 e. The highest BCUT2D eigenvalue weighted by Crippen LogP contribution is 2.06. The summed E-state index contributed by atoms with van der Waals surface area (Å²) in [5.74, 6) is 0.581. The number of hydrogen-bond acceptors (Lipinski definition) is 0. The van der Waals surface area contributed by atoms with E-state index in [9.17, 15) is 0 Å². The van der Waals surface area contributed by atoms with Crippen molar-refractivity contribution in [1.29, 1.82) is 0 Å². The molecule has 0 N–H and O–H groups in total. The summed E-state index contributed by atoms with van der Waals surface area (Å²) in [6.45, 7) is 7.24. The van der Waals surface area contributed by atoms with Crippen molar-refractivity contribution in [1.82, 2.24) is 0 Å². The molecule has 0 amide bonds. The van der Waals surface area contributed by atoms with E-state index in [4.69, 9.17) is 11.6 Å². The number of hydrogen-bond donors (Lipinski definition) is 0. The SMILES string of the molecule is C=CC=Cc1ccccc1.C=Cc1ccc(CCl)cc1. The fourth-order valence-corrected chi connectivity index (χ4v) is 1.66. The third-order valence-electron chi connectivity index (χ3n) is 2.59. The van der Waals surface area contributed by atoms with Crippen LogP contribution in [-0.4, -0.2) is 0 Å². The topological polar surface area (TPSA) is 0 Å². The highest BCUT2D eigenvalue weighted by atomic mass is 35.5. The number of rotatable bonds is 4. The molecule has 0 radical (unpaired) electrons. The molecule has 0 heterocycles. The van der Waals surface area contributed by atoms with Crippen molar-refractivity contribution < 1.29 is 0 Å². The van der Waals surface area contributed by atoms with Crippen LogP contribution in [0, 0.1) is 0 Å². The van der Waals surface area contributed by atoms with E-state index in [0.29, 0.717) is 5.88 Å². The molecule has 2 rings (SSSR count). The van der Waals surface area contributed by atoms with Gasteiger partial charge in [-0.2, -0.15) is 0 Å². The summed E-state index contributed by atoms with van der Waals surface area (Å²) in [5, 5.41) is 0. The van der Waals surface area contributed by atoms with Gasteiger partial charge < -0.3 is 0 Å². The van der Waals surface area contributed by atoms with E-state index >= 15 is 0 Å². The van der Waals surface area contributed by atoms with Crippen molar-refractivity contribution in [2.75, 3.05) is 0 Å². The summed E-state index contributed by atoms with van der Waals surface area (Å²) in [4.78, 5) is 0. The first-order valence-electron chi connectivity index (χ1n) is 6.41. The quantitative estimate of drug-likeness (QED) is 0.480. The first-order valence-corrected chi connectivity index (χ1v) is 6.95. The average Bonchev–Trinajstić information content (AvgIpc) is 2.54. The lowest BCUT2D eigenvalue weighted by Crippen LogP contribution is -1.76. The molecular formula is C19H19Cl. The van der Waals surface area contributed by atoms with Gasteiger partial charge in [-0.3, -0.25) is 0 Å². The molecule has 1 heteroatoms. The summed E-state index contributed by atoms with van der Waals surface area (Å²) in [7, 11) is 0. The number of halogens is 1. The highest BCUT2D eigenvalue weighted by Gasteiger charge is 1.87. The van der Waals surface area contributed by atoms with E-state index in [1.807, 2.05) is 60.7 Å². The van der Waals surface area contributed by atoms with Gasteiger partial charge in [-0.05, 0) is 16.7 Å². The first-order chi connectivity index (χ1) is 9.80. The van der Waals surface area contributed by atoms with Crippen molar-refractivity contribution in [3.05, 3.63) is 96.6 Å². The molecule has 0 saturated heterocycles. The largest absolute Gasteiger partial charge is 0.122 e. The second-order valence-corrected chi connectivity index (χ2v) is 4.35. The molecule has 0 saturated carbocycles. The molecule has 102 valence electrons. The Labute approximate surface area is 126 Å². The highest BCUT2D eigenvalue weighted by molar-refractivity contribution is 6.17. The normalized spacial score (nSPS) is 9.65. The molecule has 0 aromatic heterocycles. The van der Waals surface area contributed by atoms with Gasteiger partial charge in [0.05, 0.1) is 0 Å². The molecule has 2 aromatic rings. The van der Waals surface area contributed by atoms with Crippen LogP contribution in [0.5, 0.6) is 0 Å². The Bertz CT molecular complexity index is 536. The molecule has 2 aromatic carbocycles. The standard InChI is InChI=1S/C10H10.C9H9Cl/c1-2-3-7-10-8-5-4-6-9-10;1-2-8-3-5-9(7-10)6-4-8/h2-9H,1H2;2-6H,1,7H2. The van der Waals surface area contributed by atoms with E-state index in [1.54, 1.807) is 6.08 Å². The van der Waals surface area contributed by atoms with Gasteiger partial charge in [0.15, 0.2) is 0 Å². The maximum absolute atomic E-state index is 5.60. The van der Waals surface area contributed by atoms with Crippen LogP contribution in [0.15, 0.2) is 79.9 Å². The third kappa shape index (κ3) is 6.21. The Morgan fingerprint density at radius 1 is 0.850 bits per heavy atom. The molecule has 20 heavy (non-hydrogen) atoms. The summed E-state index contributed by atoms with van der Waals surface area (Å²) in [6.07, 6.45) is 7.54. The van der Waals surface area contributed by atoms with Gasteiger partial charge in [0.25, 0.3) is 0 Å². The maximum atomic E-state index is 5.60. The van der Waals surface area contributed by atoms with Gasteiger partial charge in [0.1, 0.15) is 0 Å². The van der Waals surface area contributed by atoms with E-state index in [1.165, 1.54) is 5.56 Å². The second kappa shape index (κ2) is 9.82. The van der Waals surface area contributed by atoms with Gasteiger partial charge >= 0.3 is 0 Å². The van der Waals surface area contributed by atoms with Crippen molar-refractivity contribution in [3.8, 4) is 0 Å². The van der Waals surface area contributed by atoms with Crippen molar-refractivity contribution in [2.45, 2.75) is 5.88 Å². The predicted octanol–water partition coefficient (Wildman–Crippen LogP) is 5.95. The van der Waals surface area contributed by atoms with E-state index < -0.39 is 0 Å². The molecule has 0 aliphatic heterocycles. The predicted molar refractivity (Wildman–Crippen MR) is 91.8 cm³/mol. The molecular weight excluding hydrogens is 264 g/mol. The number of alkyl halides is 1. The lowest BCUT2D eigenvalue weighted by molar-refractivity contribution is 1.40. The molecule has 0 nitrogen and oxygen atoms in total. The van der Waals surface area contributed by atoms with Crippen molar-refractivity contribution >= 4 is 23.8 Å². The lowest BCUT2D eigenvalue weighted by Gasteiger charge is -1.94. The van der Waals surface area contributed by atoms with Crippen molar-refractivity contribution in [3.63, 3.8) is 0 Å². The summed E-state index contributed by atoms with van der Waals surface area (Å²) in [5.41, 5.74) is 3.49. The minimum atomic E-state index is 0.581. The van der Waals surface area contributed by atoms with Crippen LogP contribution in [0.1, 0.15) is 16.7 Å². The van der Waals surface area contributed by atoms with Gasteiger partial charge in [-0.15, -0.1) is 11.6 Å². The molecule has 0 atom stereocenters. The molecule has 0 aliphatic rings. The summed E-state index contributed by atoms with van der Waals surface area (Å²) >= 11 is 5.60. The second-order valence-electron chi connectivity index (χ2n) is 4.08. The first kappa shape index (κ1) is 16.0. The fourth-order valence-electron chi connectivity index (χ4n) is 1.49. The van der Waals surface area contributed by atoms with Crippen LogP contribution in [-0.2, 0) is 5.88 Å².